The first-order valence-corrected chi connectivity index (χ1v) is 9.19. The van der Waals surface area contributed by atoms with E-state index in [4.69, 9.17) is 14.2 Å². The zero-order valence-corrected chi connectivity index (χ0v) is 17.2. The molecular weight excluding hydrogens is 435 g/mol. The number of pyridine rings is 1. The standard InChI is InChI=1S/C20H20F3N3O6/c1-30-12-7-11(8-13(31-2)17(12)32-3)15-14(16(27)10-5-4-6-24-9-10)19(29,20(21,22)23)26-18(28)25-15/h4-9,14-15,29H,1-3H3,(H2,25,26,28)/t14-,15-,19+/m1/s1. The number of ketones is 1. The minimum Gasteiger partial charge on any atom is -0.493 e. The molecule has 3 rings (SSSR count). The van der Waals surface area contributed by atoms with Crippen LogP contribution in [0.15, 0.2) is 36.7 Å². The summed E-state index contributed by atoms with van der Waals surface area (Å²) in [6.07, 6.45) is -2.97. The largest absolute Gasteiger partial charge is 0.493 e. The molecule has 3 N–H and O–H groups in total. The molecule has 1 saturated heterocycles. The Kier molecular flexibility index (Phi) is 6.17. The van der Waals surface area contributed by atoms with Gasteiger partial charge in [-0.25, -0.2) is 4.79 Å². The van der Waals surface area contributed by atoms with E-state index >= 15 is 0 Å². The third kappa shape index (κ3) is 3.88. The van der Waals surface area contributed by atoms with Crippen LogP contribution in [0, 0.1) is 5.92 Å². The van der Waals surface area contributed by atoms with Gasteiger partial charge in [-0.2, -0.15) is 13.2 Å². The second kappa shape index (κ2) is 8.54. The number of aliphatic hydroxyl groups is 1. The number of alkyl halides is 3. The zero-order chi connectivity index (χ0) is 23.7. The summed E-state index contributed by atoms with van der Waals surface area (Å²) in [5.74, 6) is -2.99. The normalized spacial score (nSPS) is 23.0. The van der Waals surface area contributed by atoms with Crippen molar-refractivity contribution in [1.29, 1.82) is 0 Å². The van der Waals surface area contributed by atoms with Crippen LogP contribution in [0.1, 0.15) is 22.0 Å². The van der Waals surface area contributed by atoms with Gasteiger partial charge in [-0.3, -0.25) is 9.78 Å². The number of hydrogen-bond acceptors (Lipinski definition) is 7. The van der Waals surface area contributed by atoms with Crippen LogP contribution >= 0.6 is 0 Å². The molecule has 9 nitrogen and oxygen atoms in total. The second-order valence-corrected chi connectivity index (χ2v) is 6.88. The highest BCUT2D eigenvalue weighted by Gasteiger charge is 2.66. The van der Waals surface area contributed by atoms with Gasteiger partial charge in [0.15, 0.2) is 17.3 Å². The molecule has 0 aliphatic carbocycles. The summed E-state index contributed by atoms with van der Waals surface area (Å²) in [5, 5.41) is 14.4. The predicted molar refractivity (Wildman–Crippen MR) is 104 cm³/mol. The lowest BCUT2D eigenvalue weighted by Crippen LogP contribution is -2.72. The van der Waals surface area contributed by atoms with Crippen molar-refractivity contribution in [3.63, 3.8) is 0 Å². The zero-order valence-electron chi connectivity index (χ0n) is 17.2. The highest BCUT2D eigenvalue weighted by molar-refractivity contribution is 6.00. The topological polar surface area (TPSA) is 119 Å². The van der Waals surface area contributed by atoms with Gasteiger partial charge < -0.3 is 30.0 Å². The maximum atomic E-state index is 14.0. The van der Waals surface area contributed by atoms with E-state index in [1.165, 1.54) is 57.1 Å². The molecule has 2 heterocycles. The van der Waals surface area contributed by atoms with Crippen molar-refractivity contribution in [1.82, 2.24) is 15.6 Å². The van der Waals surface area contributed by atoms with E-state index in [1.807, 2.05) is 0 Å². The number of hydrogen-bond donors (Lipinski definition) is 3. The Morgan fingerprint density at radius 1 is 1.16 bits per heavy atom. The van der Waals surface area contributed by atoms with Crippen molar-refractivity contribution < 1.29 is 42.1 Å². The quantitative estimate of drug-likeness (QED) is 0.572. The first-order valence-electron chi connectivity index (χ1n) is 9.19. The van der Waals surface area contributed by atoms with Crippen molar-refractivity contribution in [2.24, 2.45) is 5.92 Å². The minimum absolute atomic E-state index is 0.0132. The van der Waals surface area contributed by atoms with Gasteiger partial charge in [0.25, 0.3) is 0 Å². The van der Waals surface area contributed by atoms with Gasteiger partial charge in [0, 0.05) is 18.0 Å². The van der Waals surface area contributed by atoms with Crippen molar-refractivity contribution in [2.75, 3.05) is 21.3 Å². The van der Waals surface area contributed by atoms with Gasteiger partial charge in [0.1, 0.15) is 5.92 Å². The van der Waals surface area contributed by atoms with E-state index < -0.39 is 35.7 Å². The number of aromatic nitrogens is 1. The molecule has 0 radical (unpaired) electrons. The van der Waals surface area contributed by atoms with E-state index in [-0.39, 0.29) is 28.4 Å². The van der Waals surface area contributed by atoms with Crippen molar-refractivity contribution in [3.05, 3.63) is 47.8 Å². The molecule has 12 heteroatoms. The van der Waals surface area contributed by atoms with Gasteiger partial charge in [-0.15, -0.1) is 0 Å². The number of carbonyl (C=O) groups is 2. The number of halogens is 3. The van der Waals surface area contributed by atoms with Crippen molar-refractivity contribution >= 4 is 11.8 Å². The summed E-state index contributed by atoms with van der Waals surface area (Å²) in [6.45, 7) is 0. The van der Waals surface area contributed by atoms with E-state index in [9.17, 15) is 27.9 Å². The van der Waals surface area contributed by atoms with Crippen LogP contribution in [-0.4, -0.2) is 55.1 Å². The Labute approximate surface area is 180 Å². The molecule has 1 aromatic heterocycles. The van der Waals surface area contributed by atoms with Gasteiger partial charge >= 0.3 is 12.2 Å². The Hall–Kier alpha value is -3.54. The Balaban J connectivity index is 2.24. The lowest BCUT2D eigenvalue weighted by atomic mass is 9.77. The van der Waals surface area contributed by atoms with E-state index in [0.29, 0.717) is 0 Å². The predicted octanol–water partition coefficient (Wildman–Crippen LogP) is 2.21. The third-order valence-corrected chi connectivity index (χ3v) is 5.08. The van der Waals surface area contributed by atoms with E-state index in [1.54, 1.807) is 0 Å². The van der Waals surface area contributed by atoms with Crippen LogP contribution in [0.5, 0.6) is 17.2 Å². The van der Waals surface area contributed by atoms with Crippen LogP contribution in [0.4, 0.5) is 18.0 Å². The summed E-state index contributed by atoms with van der Waals surface area (Å²) < 4.78 is 57.6. The third-order valence-electron chi connectivity index (χ3n) is 5.08. The number of urea groups is 1. The summed E-state index contributed by atoms with van der Waals surface area (Å²) in [4.78, 5) is 29.1. The molecule has 1 aliphatic rings. The van der Waals surface area contributed by atoms with Crippen LogP contribution in [0.3, 0.4) is 0 Å². The van der Waals surface area contributed by atoms with Crippen molar-refractivity contribution in [3.8, 4) is 17.2 Å². The minimum atomic E-state index is -5.38. The van der Waals surface area contributed by atoms with Gasteiger partial charge in [-0.05, 0) is 29.8 Å². The molecule has 1 fully saturated rings. The summed E-state index contributed by atoms with van der Waals surface area (Å²) in [5.41, 5.74) is -4.04. The number of benzene rings is 1. The summed E-state index contributed by atoms with van der Waals surface area (Å²) in [7, 11) is 3.93. The van der Waals surface area contributed by atoms with Crippen LogP contribution in [-0.2, 0) is 0 Å². The Bertz CT molecular complexity index is 992. The lowest BCUT2D eigenvalue weighted by Gasteiger charge is -2.45. The number of carbonyl (C=O) groups excluding carboxylic acids is 2. The molecular formula is C20H20F3N3O6. The summed E-state index contributed by atoms with van der Waals surface area (Å²) in [6, 6.07) is 2.27. The number of amides is 2. The molecule has 172 valence electrons. The molecule has 1 aliphatic heterocycles. The highest BCUT2D eigenvalue weighted by atomic mass is 19.4. The monoisotopic (exact) mass is 455 g/mol. The Morgan fingerprint density at radius 3 is 2.25 bits per heavy atom. The average molecular weight is 455 g/mol. The molecule has 32 heavy (non-hydrogen) atoms. The fourth-order valence-corrected chi connectivity index (χ4v) is 3.59. The number of nitrogens with one attached hydrogen (secondary N) is 2. The number of methoxy groups -OCH3 is 3. The van der Waals surface area contributed by atoms with Crippen molar-refractivity contribution in [2.45, 2.75) is 17.9 Å². The lowest BCUT2D eigenvalue weighted by molar-refractivity contribution is -0.287. The SMILES string of the molecule is COc1cc([C@H]2NC(=O)N[C@@](O)(C(F)(F)F)[C@H]2C(=O)c2cccnc2)cc(OC)c1OC. The van der Waals surface area contributed by atoms with Crippen LogP contribution in [0.2, 0.25) is 0 Å². The molecule has 0 unspecified atom stereocenters. The number of Topliss-reactive ketones (excluding diaryl/α,β-unsaturated/α-hetero) is 1. The Morgan fingerprint density at radius 2 is 1.78 bits per heavy atom. The van der Waals surface area contributed by atoms with E-state index in [2.05, 4.69) is 10.3 Å². The number of ether oxygens (including phenoxy) is 3. The van der Waals surface area contributed by atoms with Gasteiger partial charge in [0.2, 0.25) is 11.5 Å². The fourth-order valence-electron chi connectivity index (χ4n) is 3.59. The number of nitrogens with zero attached hydrogens (tertiary/aromatic N) is 1. The maximum absolute atomic E-state index is 14.0. The molecule has 2 amide bonds. The smallest absolute Gasteiger partial charge is 0.437 e. The van der Waals surface area contributed by atoms with E-state index in [0.717, 1.165) is 6.20 Å². The number of rotatable bonds is 6. The average Bonchev–Trinajstić information content (AvgIpc) is 2.76. The van der Waals surface area contributed by atoms with Crippen LogP contribution in [0.25, 0.3) is 0 Å². The molecule has 0 bridgehead atoms. The van der Waals surface area contributed by atoms with Gasteiger partial charge in [0.05, 0.1) is 27.4 Å². The van der Waals surface area contributed by atoms with Gasteiger partial charge in [-0.1, -0.05) is 0 Å². The molecule has 2 aromatic rings. The molecule has 3 atom stereocenters. The second-order valence-electron chi connectivity index (χ2n) is 6.88. The maximum Gasteiger partial charge on any atom is 0.437 e. The highest BCUT2D eigenvalue weighted by Crippen LogP contribution is 2.47. The first kappa shape index (κ1) is 23.1. The molecule has 0 spiro atoms. The molecule has 1 aromatic carbocycles. The first-order chi connectivity index (χ1) is 15.1. The molecule has 0 saturated carbocycles. The summed E-state index contributed by atoms with van der Waals surface area (Å²) >= 11 is 0. The fraction of sp³-hybridized carbons (Fsp3) is 0.350. The van der Waals surface area contributed by atoms with Crippen LogP contribution < -0.4 is 24.8 Å².